The number of nitrogens with zero attached hydrogens (tertiary/aromatic N) is 7. The van der Waals surface area contributed by atoms with E-state index in [0.29, 0.717) is 17.3 Å². The second kappa shape index (κ2) is 11.0. The first-order valence-corrected chi connectivity index (χ1v) is 13.5. The smallest absolute Gasteiger partial charge is 0.169 e. The van der Waals surface area contributed by atoms with E-state index in [9.17, 15) is 4.79 Å². The molecule has 1 N–H and O–H groups in total. The molecule has 1 saturated heterocycles. The number of ketones is 1. The fourth-order valence-electron chi connectivity index (χ4n) is 4.78. The minimum absolute atomic E-state index is 0.00362. The average Bonchev–Trinajstić information content (AvgIpc) is 2.92. The van der Waals surface area contributed by atoms with Crippen molar-refractivity contribution in [3.05, 3.63) is 66.2 Å². The van der Waals surface area contributed by atoms with Gasteiger partial charge in [0.15, 0.2) is 5.78 Å². The Morgan fingerprint density at radius 3 is 2.54 bits per heavy atom. The lowest BCUT2D eigenvalue weighted by molar-refractivity contribution is 0.0991. The van der Waals surface area contributed by atoms with Gasteiger partial charge in [-0.1, -0.05) is 6.07 Å². The minimum atomic E-state index is -0.119. The van der Waals surface area contributed by atoms with Crippen LogP contribution >= 0.6 is 0 Å². The number of fused-ring (bicyclic) bond motifs is 1. The number of benzene rings is 1. The molecule has 0 saturated carbocycles. The largest absolute Gasteiger partial charge is 0.364 e. The number of anilines is 2. The van der Waals surface area contributed by atoms with Gasteiger partial charge < -0.3 is 10.2 Å². The number of nitrogens with one attached hydrogen (secondary N) is 1. The van der Waals surface area contributed by atoms with Crippen molar-refractivity contribution in [1.82, 2.24) is 30.0 Å². The van der Waals surface area contributed by atoms with Gasteiger partial charge in [0, 0.05) is 60.5 Å². The van der Waals surface area contributed by atoms with Crippen LogP contribution in [0.4, 0.5) is 11.6 Å². The van der Waals surface area contributed by atoms with E-state index >= 15 is 0 Å². The molecule has 5 rings (SSSR count). The topological polar surface area (TPSA) is 100 Å². The second-order valence-electron chi connectivity index (χ2n) is 11.4. The van der Waals surface area contributed by atoms with Crippen LogP contribution in [-0.2, 0) is 6.42 Å². The highest BCUT2D eigenvalue weighted by Gasteiger charge is 2.21. The first-order valence-electron chi connectivity index (χ1n) is 13.5. The molecule has 4 heterocycles. The molecule has 3 aromatic heterocycles. The highest BCUT2D eigenvalue weighted by atomic mass is 16.1. The second-order valence-corrected chi connectivity index (χ2v) is 11.4. The third kappa shape index (κ3) is 6.54. The van der Waals surface area contributed by atoms with Gasteiger partial charge >= 0.3 is 0 Å². The third-order valence-electron chi connectivity index (χ3n) is 6.85. The number of pyridine rings is 1. The standard InChI is InChI=1S/C30H36N8O/c1-20(2)37-10-12-38(13-11-37)29-16-22(8-9-32-29)27(39)17-24-15-23-14-21(6-7-25(23)36-35-24)26-18-31-19-28(33-26)34-30(3,4)5/h6-9,14-16,18-20H,10-13,17H2,1-5H3,(H,33,34). The Labute approximate surface area is 229 Å². The van der Waals surface area contributed by atoms with Crippen molar-refractivity contribution < 1.29 is 4.79 Å². The molecule has 0 unspecified atom stereocenters. The van der Waals surface area contributed by atoms with Crippen molar-refractivity contribution in [2.45, 2.75) is 52.6 Å². The van der Waals surface area contributed by atoms with E-state index in [1.54, 1.807) is 24.7 Å². The highest BCUT2D eigenvalue weighted by Crippen LogP contribution is 2.24. The third-order valence-corrected chi connectivity index (χ3v) is 6.85. The Morgan fingerprint density at radius 2 is 1.79 bits per heavy atom. The molecule has 0 bridgehead atoms. The van der Waals surface area contributed by atoms with E-state index in [-0.39, 0.29) is 17.7 Å². The summed E-state index contributed by atoms with van der Waals surface area (Å²) < 4.78 is 0. The van der Waals surface area contributed by atoms with Crippen molar-refractivity contribution in [3.63, 3.8) is 0 Å². The number of aromatic nitrogens is 5. The van der Waals surface area contributed by atoms with E-state index < -0.39 is 0 Å². The molecule has 1 aromatic carbocycles. The number of hydrogen-bond acceptors (Lipinski definition) is 9. The summed E-state index contributed by atoms with van der Waals surface area (Å²) >= 11 is 0. The minimum Gasteiger partial charge on any atom is -0.364 e. The monoisotopic (exact) mass is 524 g/mol. The molecule has 202 valence electrons. The Kier molecular flexibility index (Phi) is 7.52. The number of rotatable bonds is 7. The summed E-state index contributed by atoms with van der Waals surface area (Å²) in [6, 6.07) is 12.0. The molecule has 1 fully saturated rings. The van der Waals surface area contributed by atoms with Crippen molar-refractivity contribution in [2.75, 3.05) is 36.4 Å². The van der Waals surface area contributed by atoms with Crippen LogP contribution in [0, 0.1) is 0 Å². The predicted molar refractivity (Wildman–Crippen MR) is 155 cm³/mol. The first-order chi connectivity index (χ1) is 18.6. The maximum Gasteiger partial charge on any atom is 0.169 e. The SMILES string of the molecule is CC(C)N1CCN(c2cc(C(=O)Cc3cc4cc(-c5cncc(NC(C)(C)C)n5)ccc4nn3)ccn2)CC1. The van der Waals surface area contributed by atoms with Crippen molar-refractivity contribution in [3.8, 4) is 11.3 Å². The zero-order valence-corrected chi connectivity index (χ0v) is 23.3. The maximum atomic E-state index is 13.2. The quantitative estimate of drug-likeness (QED) is 0.346. The first kappa shape index (κ1) is 26.6. The van der Waals surface area contributed by atoms with Gasteiger partial charge in [0.25, 0.3) is 0 Å². The lowest BCUT2D eigenvalue weighted by atomic mass is 10.0. The number of piperazine rings is 1. The Hall–Kier alpha value is -3.98. The summed E-state index contributed by atoms with van der Waals surface area (Å²) in [5, 5.41) is 13.0. The summed E-state index contributed by atoms with van der Waals surface area (Å²) in [6.45, 7) is 14.5. The zero-order chi connectivity index (χ0) is 27.6. The molecule has 0 amide bonds. The molecule has 9 heteroatoms. The molecular formula is C30H36N8O. The lowest BCUT2D eigenvalue weighted by Gasteiger charge is -2.37. The van der Waals surface area contributed by atoms with E-state index in [0.717, 1.165) is 60.0 Å². The molecular weight excluding hydrogens is 488 g/mol. The molecule has 1 aliphatic rings. The molecule has 0 spiro atoms. The molecule has 0 atom stereocenters. The molecule has 0 radical (unpaired) electrons. The number of carbonyl (C=O) groups excluding carboxylic acids is 1. The van der Waals surface area contributed by atoms with Gasteiger partial charge in [0.2, 0.25) is 0 Å². The van der Waals surface area contributed by atoms with Crippen LogP contribution in [0.3, 0.4) is 0 Å². The number of Topliss-reactive ketones (excluding diaryl/α,β-unsaturated/α-hetero) is 1. The summed E-state index contributed by atoms with van der Waals surface area (Å²) in [4.78, 5) is 31.6. The van der Waals surface area contributed by atoms with Gasteiger partial charge in [-0.3, -0.25) is 14.7 Å². The van der Waals surface area contributed by atoms with Crippen molar-refractivity contribution in [1.29, 1.82) is 0 Å². The van der Waals surface area contributed by atoms with Crippen LogP contribution in [0.15, 0.2) is 55.0 Å². The molecule has 9 nitrogen and oxygen atoms in total. The van der Waals surface area contributed by atoms with Crippen LogP contribution in [0.25, 0.3) is 22.2 Å². The number of carbonyl (C=O) groups is 1. The summed E-state index contributed by atoms with van der Waals surface area (Å²) in [5.41, 5.74) is 3.60. The van der Waals surface area contributed by atoms with Crippen LogP contribution in [0.5, 0.6) is 0 Å². The zero-order valence-electron chi connectivity index (χ0n) is 23.3. The van der Waals surface area contributed by atoms with E-state index in [1.165, 1.54) is 0 Å². The Bertz CT molecular complexity index is 1470. The number of hydrogen-bond donors (Lipinski definition) is 1. The fourth-order valence-corrected chi connectivity index (χ4v) is 4.78. The predicted octanol–water partition coefficient (Wildman–Crippen LogP) is 4.65. The van der Waals surface area contributed by atoms with Gasteiger partial charge in [-0.15, -0.1) is 0 Å². The average molecular weight is 525 g/mol. The van der Waals surface area contributed by atoms with Gasteiger partial charge in [-0.25, -0.2) is 9.97 Å². The lowest BCUT2D eigenvalue weighted by Crippen LogP contribution is -2.49. The van der Waals surface area contributed by atoms with Crippen molar-refractivity contribution >= 4 is 28.3 Å². The normalized spacial score (nSPS) is 14.7. The molecule has 1 aliphatic heterocycles. The van der Waals surface area contributed by atoms with Gasteiger partial charge in [-0.05, 0) is 65.0 Å². The van der Waals surface area contributed by atoms with Crippen molar-refractivity contribution in [2.24, 2.45) is 0 Å². The van der Waals surface area contributed by atoms with Crippen LogP contribution in [0.2, 0.25) is 0 Å². The summed E-state index contributed by atoms with van der Waals surface area (Å²) in [6.07, 6.45) is 5.36. The van der Waals surface area contributed by atoms with Crippen LogP contribution in [-0.4, -0.2) is 73.6 Å². The van der Waals surface area contributed by atoms with Gasteiger partial charge in [0.1, 0.15) is 11.6 Å². The summed E-state index contributed by atoms with van der Waals surface area (Å²) in [5.74, 6) is 1.57. The van der Waals surface area contributed by atoms with E-state index in [1.807, 2.05) is 30.3 Å². The van der Waals surface area contributed by atoms with E-state index in [4.69, 9.17) is 4.98 Å². The van der Waals surface area contributed by atoms with Crippen LogP contribution < -0.4 is 10.2 Å². The van der Waals surface area contributed by atoms with Gasteiger partial charge in [0.05, 0.1) is 35.7 Å². The molecule has 0 aliphatic carbocycles. The molecule has 4 aromatic rings. The Balaban J connectivity index is 1.32. The van der Waals surface area contributed by atoms with Crippen LogP contribution in [0.1, 0.15) is 50.7 Å². The maximum absolute atomic E-state index is 13.2. The van der Waals surface area contributed by atoms with E-state index in [2.05, 4.69) is 69.9 Å². The summed E-state index contributed by atoms with van der Waals surface area (Å²) in [7, 11) is 0. The molecule has 39 heavy (non-hydrogen) atoms. The van der Waals surface area contributed by atoms with Gasteiger partial charge in [-0.2, -0.15) is 10.2 Å². The highest BCUT2D eigenvalue weighted by molar-refractivity contribution is 5.98. The Morgan fingerprint density at radius 1 is 1.00 bits per heavy atom. The fraction of sp³-hybridized carbons (Fsp3) is 0.400.